The van der Waals surface area contributed by atoms with Gasteiger partial charge in [-0.15, -0.1) is 11.3 Å². The van der Waals surface area contributed by atoms with Gasteiger partial charge in [0.1, 0.15) is 17.6 Å². The number of nitrogens with zero attached hydrogens (tertiary/aromatic N) is 1. The minimum atomic E-state index is -3.90. The average molecular weight is 588 g/mol. The number of hydrogen-bond acceptors (Lipinski definition) is 9. The Morgan fingerprint density at radius 3 is 2.58 bits per heavy atom. The number of sulfonamides is 1. The van der Waals surface area contributed by atoms with Crippen LogP contribution in [0.4, 0.5) is 0 Å². The number of nitrogens with one attached hydrogen (secondary N) is 2. The van der Waals surface area contributed by atoms with Gasteiger partial charge in [0.05, 0.1) is 22.7 Å². The van der Waals surface area contributed by atoms with Crippen molar-refractivity contribution in [2.75, 3.05) is 13.4 Å². The Kier molecular flexibility index (Phi) is 8.40. The third-order valence-electron chi connectivity index (χ3n) is 6.97. The van der Waals surface area contributed by atoms with Crippen LogP contribution in [0.15, 0.2) is 52.2 Å². The van der Waals surface area contributed by atoms with Crippen molar-refractivity contribution in [3.8, 4) is 17.2 Å². The van der Waals surface area contributed by atoms with Crippen molar-refractivity contribution >= 4 is 21.4 Å². The third-order valence-corrected chi connectivity index (χ3v) is 9.04. The van der Waals surface area contributed by atoms with Crippen LogP contribution in [0.1, 0.15) is 57.5 Å². The monoisotopic (exact) mass is 587 g/mol. The highest BCUT2D eigenvalue weighted by atomic mass is 32.2. The average Bonchev–Trinajstić information content (AvgIpc) is 3.65. The summed E-state index contributed by atoms with van der Waals surface area (Å²) in [6.45, 7) is 10.5. The molecule has 1 aromatic heterocycles. The third kappa shape index (κ3) is 6.77. The first-order valence-electron chi connectivity index (χ1n) is 13.5. The lowest BCUT2D eigenvalue weighted by molar-refractivity contribution is 0.0230. The number of rotatable bonds is 11. The molecule has 216 valence electrons. The van der Waals surface area contributed by atoms with E-state index < -0.39 is 21.8 Å². The Bertz CT molecular complexity index is 1410. The Morgan fingerprint density at radius 2 is 1.93 bits per heavy atom. The number of thiazole rings is 1. The molecule has 0 aliphatic carbocycles. The van der Waals surface area contributed by atoms with Crippen molar-refractivity contribution in [2.24, 2.45) is 5.92 Å². The molecule has 1 fully saturated rings. The minimum absolute atomic E-state index is 0.0840. The second-order valence-electron chi connectivity index (χ2n) is 11.2. The highest BCUT2D eigenvalue weighted by Gasteiger charge is 2.38. The summed E-state index contributed by atoms with van der Waals surface area (Å²) in [5.41, 5.74) is 3.92. The normalized spacial score (nSPS) is 19.6. The summed E-state index contributed by atoms with van der Waals surface area (Å²) in [5.74, 6) is 2.14. The fourth-order valence-corrected chi connectivity index (χ4v) is 7.00. The Balaban J connectivity index is 1.36. The summed E-state index contributed by atoms with van der Waals surface area (Å²) in [6, 6.07) is 10.3. The SMILES string of the molecule is CC(C)Cc1cc(S(=O)(=O)NC(Cc2ccc(OC(C)c3cscn3)cc2)[C@H]2COC(C)(C)N2)cc2c1OCO2. The number of ether oxygens (including phenoxy) is 4. The van der Waals surface area contributed by atoms with Gasteiger partial charge in [-0.2, -0.15) is 0 Å². The molecule has 2 N–H and O–H groups in total. The quantitative estimate of drug-likeness (QED) is 0.329. The van der Waals surface area contributed by atoms with E-state index in [4.69, 9.17) is 18.9 Å². The Labute approximate surface area is 240 Å². The summed E-state index contributed by atoms with van der Waals surface area (Å²) < 4.78 is 53.7. The molecule has 1 saturated heterocycles. The molecular formula is C29H37N3O6S2. The van der Waals surface area contributed by atoms with Crippen LogP contribution in [0.3, 0.4) is 0 Å². The van der Waals surface area contributed by atoms with Gasteiger partial charge in [0.15, 0.2) is 11.5 Å². The number of benzene rings is 2. The fourth-order valence-electron chi connectivity index (χ4n) is 5.02. The summed E-state index contributed by atoms with van der Waals surface area (Å²) in [7, 11) is -3.90. The predicted molar refractivity (Wildman–Crippen MR) is 153 cm³/mol. The van der Waals surface area contributed by atoms with Crippen molar-refractivity contribution in [3.05, 3.63) is 64.1 Å². The molecule has 3 aromatic rings. The molecule has 0 spiro atoms. The Hall–Kier alpha value is -2.70. The van der Waals surface area contributed by atoms with E-state index in [2.05, 4.69) is 28.9 Å². The maximum Gasteiger partial charge on any atom is 0.241 e. The molecule has 11 heteroatoms. The van der Waals surface area contributed by atoms with Gasteiger partial charge in [-0.1, -0.05) is 26.0 Å². The Morgan fingerprint density at radius 1 is 1.15 bits per heavy atom. The van der Waals surface area contributed by atoms with E-state index in [9.17, 15) is 8.42 Å². The van der Waals surface area contributed by atoms with Crippen molar-refractivity contribution in [3.63, 3.8) is 0 Å². The van der Waals surface area contributed by atoms with Crippen LogP contribution in [-0.4, -0.2) is 44.6 Å². The van der Waals surface area contributed by atoms with E-state index in [1.54, 1.807) is 17.6 Å². The smallest absolute Gasteiger partial charge is 0.241 e. The molecule has 3 heterocycles. The maximum atomic E-state index is 13.8. The standard InChI is InChI=1S/C29H37N3O6S2/c1-18(2)10-21-12-23(13-27-28(21)36-17-35-27)40(33,34)32-24(25-14-37-29(4,5)31-25)11-20-6-8-22(9-7-20)38-19(3)26-15-39-16-30-26/h6-9,12-13,15-16,18-19,24-25,31-32H,10-11,14,17H2,1-5H3/t19?,24?,25-/m1/s1. The first-order chi connectivity index (χ1) is 19.0. The van der Waals surface area contributed by atoms with Crippen molar-refractivity contribution in [1.29, 1.82) is 0 Å². The first kappa shape index (κ1) is 28.8. The topological polar surface area (TPSA) is 108 Å². The van der Waals surface area contributed by atoms with Gasteiger partial charge in [0.25, 0.3) is 0 Å². The fraction of sp³-hybridized carbons (Fsp3) is 0.483. The summed E-state index contributed by atoms with van der Waals surface area (Å²) in [5, 5.41) is 5.40. The van der Waals surface area contributed by atoms with E-state index >= 15 is 0 Å². The minimum Gasteiger partial charge on any atom is -0.484 e. The molecule has 2 unspecified atom stereocenters. The molecule has 9 nitrogen and oxygen atoms in total. The lowest BCUT2D eigenvalue weighted by Crippen LogP contribution is -2.52. The lowest BCUT2D eigenvalue weighted by atomic mass is 10.0. The van der Waals surface area contributed by atoms with Crippen LogP contribution in [0.5, 0.6) is 17.2 Å². The van der Waals surface area contributed by atoms with Crippen LogP contribution in [0.2, 0.25) is 0 Å². The van der Waals surface area contributed by atoms with E-state index in [0.717, 1.165) is 22.6 Å². The second kappa shape index (κ2) is 11.7. The highest BCUT2D eigenvalue weighted by molar-refractivity contribution is 7.89. The van der Waals surface area contributed by atoms with Crippen LogP contribution in [0, 0.1) is 5.92 Å². The van der Waals surface area contributed by atoms with Gasteiger partial charge in [0, 0.05) is 23.5 Å². The van der Waals surface area contributed by atoms with Gasteiger partial charge < -0.3 is 18.9 Å². The zero-order valence-corrected chi connectivity index (χ0v) is 25.1. The molecule has 0 radical (unpaired) electrons. The molecular weight excluding hydrogens is 550 g/mol. The van der Waals surface area contributed by atoms with Crippen molar-refractivity contribution in [1.82, 2.24) is 15.0 Å². The molecule has 0 amide bonds. The van der Waals surface area contributed by atoms with E-state index in [1.807, 2.05) is 50.4 Å². The van der Waals surface area contributed by atoms with Gasteiger partial charge >= 0.3 is 0 Å². The van der Waals surface area contributed by atoms with Crippen LogP contribution >= 0.6 is 11.3 Å². The summed E-state index contributed by atoms with van der Waals surface area (Å²) >= 11 is 1.53. The van der Waals surface area contributed by atoms with Crippen molar-refractivity contribution in [2.45, 2.75) is 76.3 Å². The maximum absolute atomic E-state index is 13.8. The van der Waals surface area contributed by atoms with E-state index in [-0.39, 0.29) is 23.8 Å². The molecule has 0 bridgehead atoms. The first-order valence-corrected chi connectivity index (χ1v) is 15.9. The molecule has 2 aliphatic heterocycles. The molecule has 5 rings (SSSR count). The largest absolute Gasteiger partial charge is 0.484 e. The highest BCUT2D eigenvalue weighted by Crippen LogP contribution is 2.39. The second-order valence-corrected chi connectivity index (χ2v) is 13.7. The molecule has 3 atom stereocenters. The number of fused-ring (bicyclic) bond motifs is 1. The number of aromatic nitrogens is 1. The molecule has 2 aliphatic rings. The van der Waals surface area contributed by atoms with Crippen LogP contribution in [-0.2, 0) is 27.6 Å². The van der Waals surface area contributed by atoms with E-state index in [1.165, 1.54) is 11.3 Å². The zero-order chi connectivity index (χ0) is 28.5. The predicted octanol–water partition coefficient (Wildman–Crippen LogP) is 4.82. The summed E-state index contributed by atoms with van der Waals surface area (Å²) in [4.78, 5) is 4.48. The van der Waals surface area contributed by atoms with Crippen LogP contribution in [0.25, 0.3) is 0 Å². The van der Waals surface area contributed by atoms with Crippen molar-refractivity contribution < 1.29 is 27.4 Å². The molecule has 2 aromatic carbocycles. The summed E-state index contributed by atoms with van der Waals surface area (Å²) in [6.07, 6.45) is 0.975. The lowest BCUT2D eigenvalue weighted by Gasteiger charge is -2.26. The zero-order valence-electron chi connectivity index (χ0n) is 23.5. The van der Waals surface area contributed by atoms with Gasteiger partial charge in [-0.3, -0.25) is 5.32 Å². The van der Waals surface area contributed by atoms with Gasteiger partial charge in [0.2, 0.25) is 16.8 Å². The van der Waals surface area contributed by atoms with Crippen LogP contribution < -0.4 is 24.2 Å². The van der Waals surface area contributed by atoms with Gasteiger partial charge in [-0.05, 0) is 68.9 Å². The molecule has 0 saturated carbocycles. The van der Waals surface area contributed by atoms with E-state index in [0.29, 0.717) is 36.9 Å². The number of hydrogen-bond donors (Lipinski definition) is 2. The molecule has 40 heavy (non-hydrogen) atoms. The van der Waals surface area contributed by atoms with Gasteiger partial charge in [-0.25, -0.2) is 18.1 Å².